The predicted octanol–water partition coefficient (Wildman–Crippen LogP) is 1.90. The first-order valence-electron chi connectivity index (χ1n) is 6.83. The molecule has 0 radical (unpaired) electrons. The van der Waals surface area contributed by atoms with Gasteiger partial charge in [-0.15, -0.1) is 0 Å². The molecule has 1 fully saturated rings. The van der Waals surface area contributed by atoms with E-state index in [1.165, 1.54) is 0 Å². The molecule has 0 bridgehead atoms. The first-order chi connectivity index (χ1) is 8.76. The molecule has 1 aliphatic heterocycles. The monoisotopic (exact) mass is 271 g/mol. The number of carboxylic acid groups (broad SMARTS) is 1. The number of aliphatic carboxylic acids is 1. The third-order valence-electron chi connectivity index (χ3n) is 4.02. The second kappa shape index (κ2) is 5.90. The molecular formula is C14H25NO4. The first kappa shape index (κ1) is 16.0. The molecule has 110 valence electrons. The number of rotatable bonds is 6. The van der Waals surface area contributed by atoms with Gasteiger partial charge >= 0.3 is 5.97 Å². The standard InChI is InChI=1S/C14H25NO4/c1-5-6-14(12(17)18)7-8-15(10-14)11(16)9-13(2,3)19-4/h5-10H2,1-4H3,(H,17,18). The van der Waals surface area contributed by atoms with Crippen molar-refractivity contribution in [2.75, 3.05) is 20.2 Å². The van der Waals surface area contributed by atoms with Crippen molar-refractivity contribution in [1.82, 2.24) is 4.90 Å². The van der Waals surface area contributed by atoms with Crippen LogP contribution in [0.2, 0.25) is 0 Å². The lowest BCUT2D eigenvalue weighted by atomic mass is 9.83. The number of nitrogens with zero attached hydrogens (tertiary/aromatic N) is 1. The molecule has 1 aliphatic rings. The minimum Gasteiger partial charge on any atom is -0.481 e. The van der Waals surface area contributed by atoms with Gasteiger partial charge in [-0.3, -0.25) is 9.59 Å². The van der Waals surface area contributed by atoms with E-state index in [0.717, 1.165) is 6.42 Å². The maximum atomic E-state index is 12.2. The molecule has 1 atom stereocenters. The number of hydrogen-bond acceptors (Lipinski definition) is 3. The molecule has 0 saturated carbocycles. The largest absolute Gasteiger partial charge is 0.481 e. The van der Waals surface area contributed by atoms with Gasteiger partial charge in [0.05, 0.1) is 17.4 Å². The highest BCUT2D eigenvalue weighted by Gasteiger charge is 2.45. The van der Waals surface area contributed by atoms with Gasteiger partial charge in [-0.05, 0) is 26.7 Å². The van der Waals surface area contributed by atoms with Crippen LogP contribution in [0.15, 0.2) is 0 Å². The molecule has 1 heterocycles. The van der Waals surface area contributed by atoms with Crippen molar-refractivity contribution in [2.24, 2.45) is 5.41 Å². The Morgan fingerprint density at radius 1 is 1.42 bits per heavy atom. The summed E-state index contributed by atoms with van der Waals surface area (Å²) in [7, 11) is 1.58. The fourth-order valence-electron chi connectivity index (χ4n) is 2.60. The average Bonchev–Trinajstić information content (AvgIpc) is 2.75. The number of likely N-dealkylation sites (tertiary alicyclic amines) is 1. The van der Waals surface area contributed by atoms with Gasteiger partial charge in [0.15, 0.2) is 0 Å². The predicted molar refractivity (Wildman–Crippen MR) is 71.9 cm³/mol. The van der Waals surface area contributed by atoms with Gasteiger partial charge in [0.1, 0.15) is 0 Å². The van der Waals surface area contributed by atoms with E-state index in [1.807, 2.05) is 20.8 Å². The van der Waals surface area contributed by atoms with E-state index in [9.17, 15) is 14.7 Å². The molecule has 0 aromatic rings. The van der Waals surface area contributed by atoms with E-state index in [4.69, 9.17) is 4.74 Å². The molecule has 1 amide bonds. The zero-order valence-corrected chi connectivity index (χ0v) is 12.4. The molecule has 0 aromatic carbocycles. The summed E-state index contributed by atoms with van der Waals surface area (Å²) in [6, 6.07) is 0. The molecule has 5 heteroatoms. The molecule has 0 aromatic heterocycles. The van der Waals surface area contributed by atoms with Crippen molar-refractivity contribution in [3.63, 3.8) is 0 Å². The van der Waals surface area contributed by atoms with Crippen LogP contribution in [0.5, 0.6) is 0 Å². The number of methoxy groups -OCH3 is 1. The highest BCUT2D eigenvalue weighted by atomic mass is 16.5. The molecule has 19 heavy (non-hydrogen) atoms. The minimum atomic E-state index is -0.782. The van der Waals surface area contributed by atoms with Crippen molar-refractivity contribution >= 4 is 11.9 Å². The van der Waals surface area contributed by atoms with Crippen molar-refractivity contribution < 1.29 is 19.4 Å². The van der Waals surface area contributed by atoms with Crippen LogP contribution in [0, 0.1) is 5.41 Å². The van der Waals surface area contributed by atoms with E-state index in [2.05, 4.69) is 0 Å². The normalized spacial score (nSPS) is 23.7. The lowest BCUT2D eigenvalue weighted by Crippen LogP contribution is -2.39. The zero-order valence-electron chi connectivity index (χ0n) is 12.4. The van der Waals surface area contributed by atoms with Crippen LogP contribution in [-0.4, -0.2) is 47.7 Å². The van der Waals surface area contributed by atoms with E-state index >= 15 is 0 Å². The van der Waals surface area contributed by atoms with Crippen molar-refractivity contribution in [1.29, 1.82) is 0 Å². The van der Waals surface area contributed by atoms with Crippen LogP contribution < -0.4 is 0 Å². The number of carbonyl (C=O) groups is 2. The summed E-state index contributed by atoms with van der Waals surface area (Å²) in [6.45, 7) is 6.55. The molecular weight excluding hydrogens is 246 g/mol. The highest BCUT2D eigenvalue weighted by molar-refractivity contribution is 5.81. The summed E-state index contributed by atoms with van der Waals surface area (Å²) in [5.74, 6) is -0.804. The van der Waals surface area contributed by atoms with Crippen molar-refractivity contribution in [3.05, 3.63) is 0 Å². The van der Waals surface area contributed by atoms with E-state index < -0.39 is 17.0 Å². The molecule has 5 nitrogen and oxygen atoms in total. The Bertz CT molecular complexity index is 353. The zero-order chi connectivity index (χ0) is 14.7. The lowest BCUT2D eigenvalue weighted by molar-refractivity contribution is -0.149. The van der Waals surface area contributed by atoms with Gasteiger partial charge in [-0.1, -0.05) is 13.3 Å². The maximum absolute atomic E-state index is 12.2. The van der Waals surface area contributed by atoms with Gasteiger partial charge in [0.2, 0.25) is 5.91 Å². The Labute approximate surface area is 114 Å². The van der Waals surface area contributed by atoms with Gasteiger partial charge < -0.3 is 14.7 Å². The van der Waals surface area contributed by atoms with E-state index in [1.54, 1.807) is 12.0 Å². The van der Waals surface area contributed by atoms with Crippen LogP contribution in [0.25, 0.3) is 0 Å². The van der Waals surface area contributed by atoms with Gasteiger partial charge in [0, 0.05) is 20.2 Å². The lowest BCUT2D eigenvalue weighted by Gasteiger charge is -2.27. The van der Waals surface area contributed by atoms with Gasteiger partial charge in [-0.2, -0.15) is 0 Å². The Balaban J connectivity index is 2.69. The molecule has 0 spiro atoms. The fourth-order valence-corrected chi connectivity index (χ4v) is 2.60. The quantitative estimate of drug-likeness (QED) is 0.801. The molecule has 1 N–H and O–H groups in total. The summed E-state index contributed by atoms with van der Waals surface area (Å²) in [6.07, 6.45) is 2.28. The van der Waals surface area contributed by atoms with E-state index in [0.29, 0.717) is 25.9 Å². The van der Waals surface area contributed by atoms with Crippen molar-refractivity contribution in [3.8, 4) is 0 Å². The Hall–Kier alpha value is -1.10. The highest BCUT2D eigenvalue weighted by Crippen LogP contribution is 2.36. The van der Waals surface area contributed by atoms with Gasteiger partial charge in [-0.25, -0.2) is 0 Å². The van der Waals surface area contributed by atoms with Crippen LogP contribution in [-0.2, 0) is 14.3 Å². The summed E-state index contributed by atoms with van der Waals surface area (Å²) in [4.78, 5) is 25.3. The number of carbonyl (C=O) groups excluding carboxylic acids is 1. The van der Waals surface area contributed by atoms with Crippen LogP contribution >= 0.6 is 0 Å². The average molecular weight is 271 g/mol. The third-order valence-corrected chi connectivity index (χ3v) is 4.02. The third kappa shape index (κ3) is 3.69. The number of hydrogen-bond donors (Lipinski definition) is 1. The SMILES string of the molecule is CCCC1(C(=O)O)CCN(C(=O)CC(C)(C)OC)C1. The summed E-state index contributed by atoms with van der Waals surface area (Å²) in [5, 5.41) is 9.41. The molecule has 1 unspecified atom stereocenters. The number of amides is 1. The summed E-state index contributed by atoms with van der Waals surface area (Å²) in [5.41, 5.74) is -1.25. The fraction of sp³-hybridized carbons (Fsp3) is 0.857. The smallest absolute Gasteiger partial charge is 0.311 e. The second-order valence-electron chi connectivity index (χ2n) is 6.04. The minimum absolute atomic E-state index is 0.0221. The molecule has 0 aliphatic carbocycles. The summed E-state index contributed by atoms with van der Waals surface area (Å²) < 4.78 is 5.25. The number of carboxylic acids is 1. The Morgan fingerprint density at radius 2 is 2.05 bits per heavy atom. The van der Waals surface area contributed by atoms with Gasteiger partial charge in [0.25, 0.3) is 0 Å². The van der Waals surface area contributed by atoms with Crippen LogP contribution in [0.1, 0.15) is 46.5 Å². The maximum Gasteiger partial charge on any atom is 0.311 e. The molecule has 1 rings (SSSR count). The van der Waals surface area contributed by atoms with Crippen molar-refractivity contribution in [2.45, 2.75) is 52.1 Å². The van der Waals surface area contributed by atoms with Crippen LogP contribution in [0.4, 0.5) is 0 Å². The second-order valence-corrected chi connectivity index (χ2v) is 6.04. The summed E-state index contributed by atoms with van der Waals surface area (Å²) >= 11 is 0. The first-order valence-corrected chi connectivity index (χ1v) is 6.83. The number of ether oxygens (including phenoxy) is 1. The topological polar surface area (TPSA) is 66.8 Å². The Kier molecular flexibility index (Phi) is 4.96. The molecule has 1 saturated heterocycles. The van der Waals surface area contributed by atoms with Crippen LogP contribution in [0.3, 0.4) is 0 Å². The Morgan fingerprint density at radius 3 is 2.53 bits per heavy atom. The van der Waals surface area contributed by atoms with E-state index in [-0.39, 0.29) is 12.3 Å².